The molecule has 3 unspecified atom stereocenters. The standard InChI is InChI=1S/C10H12ClNO3/c1-2-15-9(13)8-6-3-4-7(5-6)12(8)10(11)14/h3-4,6-8H,2,5H2,1H3. The van der Waals surface area contributed by atoms with Gasteiger partial charge in [0.05, 0.1) is 12.6 Å². The summed E-state index contributed by atoms with van der Waals surface area (Å²) in [6, 6.07) is -0.556. The molecule has 1 saturated heterocycles. The summed E-state index contributed by atoms with van der Waals surface area (Å²) < 4.78 is 4.93. The van der Waals surface area contributed by atoms with Crippen LogP contribution in [0.2, 0.25) is 0 Å². The lowest BCUT2D eigenvalue weighted by Gasteiger charge is -2.28. The van der Waals surface area contributed by atoms with Crippen molar-refractivity contribution < 1.29 is 14.3 Å². The summed E-state index contributed by atoms with van der Waals surface area (Å²) in [5, 5.41) is -0.579. The molecule has 1 heterocycles. The average Bonchev–Trinajstić information content (AvgIpc) is 2.76. The molecule has 1 fully saturated rings. The third kappa shape index (κ3) is 1.63. The lowest BCUT2D eigenvalue weighted by molar-refractivity contribution is -0.148. The first-order chi connectivity index (χ1) is 7.15. The molecule has 0 aromatic rings. The van der Waals surface area contributed by atoms with Crippen LogP contribution in [0.3, 0.4) is 0 Å². The van der Waals surface area contributed by atoms with Gasteiger partial charge in [-0.1, -0.05) is 12.2 Å². The fourth-order valence-electron chi connectivity index (χ4n) is 2.32. The van der Waals surface area contributed by atoms with E-state index in [9.17, 15) is 9.59 Å². The fourth-order valence-corrected chi connectivity index (χ4v) is 2.55. The summed E-state index contributed by atoms with van der Waals surface area (Å²) in [7, 11) is 0. The quantitative estimate of drug-likeness (QED) is 0.312. The van der Waals surface area contributed by atoms with Gasteiger partial charge in [-0.3, -0.25) is 4.79 Å². The molecular formula is C10H12ClNO3. The topological polar surface area (TPSA) is 46.6 Å². The molecule has 15 heavy (non-hydrogen) atoms. The fraction of sp³-hybridized carbons (Fsp3) is 0.600. The van der Waals surface area contributed by atoms with Gasteiger partial charge in [-0.05, 0) is 24.9 Å². The van der Waals surface area contributed by atoms with Crippen LogP contribution in [0.25, 0.3) is 0 Å². The Hall–Kier alpha value is -1.03. The van der Waals surface area contributed by atoms with Crippen LogP contribution >= 0.6 is 11.6 Å². The molecule has 2 rings (SSSR count). The molecule has 1 amide bonds. The Bertz CT molecular complexity index is 329. The van der Waals surface area contributed by atoms with Gasteiger partial charge in [-0.2, -0.15) is 0 Å². The number of esters is 1. The van der Waals surface area contributed by atoms with Crippen LogP contribution < -0.4 is 0 Å². The molecule has 3 atom stereocenters. The lowest BCUT2D eigenvalue weighted by atomic mass is 10.0. The number of carbonyl (C=O) groups excluding carboxylic acids is 2. The molecule has 5 heteroatoms. The first kappa shape index (κ1) is 10.5. The zero-order valence-corrected chi connectivity index (χ0v) is 9.11. The zero-order valence-electron chi connectivity index (χ0n) is 8.35. The van der Waals surface area contributed by atoms with Gasteiger partial charge in [0.1, 0.15) is 6.04 Å². The van der Waals surface area contributed by atoms with Crippen LogP contribution in [-0.2, 0) is 9.53 Å². The van der Waals surface area contributed by atoms with Gasteiger partial charge in [0.15, 0.2) is 0 Å². The van der Waals surface area contributed by atoms with Crippen molar-refractivity contribution in [2.45, 2.75) is 25.4 Å². The number of likely N-dealkylation sites (tertiary alicyclic amines) is 1. The second-order valence-corrected chi connectivity index (χ2v) is 4.03. The molecule has 2 aliphatic rings. The zero-order chi connectivity index (χ0) is 11.0. The van der Waals surface area contributed by atoms with E-state index in [0.29, 0.717) is 6.61 Å². The van der Waals surface area contributed by atoms with Crippen molar-refractivity contribution in [3.63, 3.8) is 0 Å². The van der Waals surface area contributed by atoms with Crippen molar-refractivity contribution in [3.05, 3.63) is 12.2 Å². The smallest absolute Gasteiger partial charge is 0.329 e. The maximum Gasteiger partial charge on any atom is 0.329 e. The van der Waals surface area contributed by atoms with Crippen molar-refractivity contribution in [3.8, 4) is 0 Å². The molecule has 1 aliphatic carbocycles. The molecule has 0 saturated carbocycles. The summed E-state index contributed by atoms with van der Waals surface area (Å²) in [6.45, 7) is 2.06. The molecule has 4 nitrogen and oxygen atoms in total. The van der Waals surface area contributed by atoms with E-state index >= 15 is 0 Å². The Morgan fingerprint density at radius 3 is 2.87 bits per heavy atom. The Morgan fingerprint density at radius 2 is 2.27 bits per heavy atom. The Labute approximate surface area is 92.8 Å². The number of amides is 1. The highest BCUT2D eigenvalue weighted by molar-refractivity contribution is 6.63. The maximum absolute atomic E-state index is 11.6. The van der Waals surface area contributed by atoms with E-state index in [1.54, 1.807) is 6.92 Å². The van der Waals surface area contributed by atoms with Crippen LogP contribution in [0.1, 0.15) is 13.3 Å². The van der Waals surface area contributed by atoms with Crippen molar-refractivity contribution in [2.75, 3.05) is 6.61 Å². The number of nitrogens with zero attached hydrogens (tertiary/aromatic N) is 1. The Morgan fingerprint density at radius 1 is 1.53 bits per heavy atom. The second kappa shape index (κ2) is 3.85. The summed E-state index contributed by atoms with van der Waals surface area (Å²) in [6.07, 6.45) is 4.66. The highest BCUT2D eigenvalue weighted by Gasteiger charge is 2.49. The van der Waals surface area contributed by atoms with Gasteiger partial charge >= 0.3 is 11.3 Å². The van der Waals surface area contributed by atoms with Crippen molar-refractivity contribution in [2.24, 2.45) is 5.92 Å². The molecule has 0 radical (unpaired) electrons. The van der Waals surface area contributed by atoms with Crippen molar-refractivity contribution in [1.29, 1.82) is 0 Å². The molecule has 0 aromatic carbocycles. The Balaban J connectivity index is 2.19. The van der Waals surface area contributed by atoms with Crippen LogP contribution in [0.15, 0.2) is 12.2 Å². The third-order valence-electron chi connectivity index (χ3n) is 2.89. The van der Waals surface area contributed by atoms with E-state index < -0.39 is 11.4 Å². The Kier molecular flexibility index (Phi) is 2.69. The summed E-state index contributed by atoms with van der Waals surface area (Å²) in [4.78, 5) is 24.3. The van der Waals surface area contributed by atoms with Crippen LogP contribution in [0.5, 0.6) is 0 Å². The van der Waals surface area contributed by atoms with Crippen LogP contribution in [-0.4, -0.2) is 34.9 Å². The van der Waals surface area contributed by atoms with Gasteiger partial charge < -0.3 is 9.64 Å². The van der Waals surface area contributed by atoms with E-state index in [1.165, 1.54) is 4.90 Å². The van der Waals surface area contributed by atoms with Gasteiger partial charge in [-0.25, -0.2) is 4.79 Å². The summed E-state index contributed by atoms with van der Waals surface area (Å²) in [5.74, 6) is -0.292. The predicted octanol–water partition coefficient (Wildman–Crippen LogP) is 1.54. The SMILES string of the molecule is CCOC(=O)C1C2C=CC(C2)N1C(=O)Cl. The van der Waals surface area contributed by atoms with Crippen LogP contribution in [0, 0.1) is 5.92 Å². The van der Waals surface area contributed by atoms with Gasteiger partial charge in [0, 0.05) is 5.92 Å². The normalized spacial score (nSPS) is 32.1. The number of hydrogen-bond donors (Lipinski definition) is 0. The number of fused-ring (bicyclic) bond motifs is 2. The molecule has 0 aromatic heterocycles. The highest BCUT2D eigenvalue weighted by Crippen LogP contribution is 2.38. The number of halogens is 1. The first-order valence-corrected chi connectivity index (χ1v) is 5.35. The highest BCUT2D eigenvalue weighted by atomic mass is 35.5. The van der Waals surface area contributed by atoms with Gasteiger partial charge in [0.25, 0.3) is 0 Å². The number of hydrogen-bond acceptors (Lipinski definition) is 3. The number of rotatable bonds is 2. The van der Waals surface area contributed by atoms with Gasteiger partial charge in [0.2, 0.25) is 0 Å². The van der Waals surface area contributed by atoms with E-state index in [4.69, 9.17) is 16.3 Å². The number of ether oxygens (including phenoxy) is 1. The first-order valence-electron chi connectivity index (χ1n) is 4.98. The number of carbonyl (C=O) groups is 2. The molecule has 0 spiro atoms. The molecule has 2 bridgehead atoms. The second-order valence-electron chi connectivity index (χ2n) is 3.71. The predicted molar refractivity (Wildman–Crippen MR) is 54.5 cm³/mol. The maximum atomic E-state index is 11.6. The van der Waals surface area contributed by atoms with Gasteiger partial charge in [-0.15, -0.1) is 0 Å². The molecule has 1 aliphatic heterocycles. The lowest BCUT2D eigenvalue weighted by Crippen LogP contribution is -2.46. The van der Waals surface area contributed by atoms with E-state index in [1.807, 2.05) is 12.2 Å². The minimum absolute atomic E-state index is 0.0330. The summed E-state index contributed by atoms with van der Waals surface area (Å²) >= 11 is 5.46. The van der Waals surface area contributed by atoms with Crippen LogP contribution in [0.4, 0.5) is 4.79 Å². The minimum Gasteiger partial charge on any atom is -0.464 e. The molecule has 0 N–H and O–H groups in total. The van der Waals surface area contributed by atoms with E-state index in [2.05, 4.69) is 0 Å². The van der Waals surface area contributed by atoms with Crippen molar-refractivity contribution in [1.82, 2.24) is 4.90 Å². The monoisotopic (exact) mass is 229 g/mol. The molecular weight excluding hydrogens is 218 g/mol. The third-order valence-corrected chi connectivity index (χ3v) is 3.08. The minimum atomic E-state index is -0.579. The summed E-state index contributed by atoms with van der Waals surface area (Å²) in [5.41, 5.74) is 0. The van der Waals surface area contributed by atoms with Crippen molar-refractivity contribution >= 4 is 22.9 Å². The van der Waals surface area contributed by atoms with E-state index in [0.717, 1.165) is 6.42 Å². The largest absolute Gasteiger partial charge is 0.464 e. The molecule has 82 valence electrons. The average molecular weight is 230 g/mol. The van der Waals surface area contributed by atoms with E-state index in [-0.39, 0.29) is 17.9 Å².